The van der Waals surface area contributed by atoms with E-state index in [9.17, 15) is 23.8 Å². The average Bonchev–Trinajstić information content (AvgIpc) is 3.33. The van der Waals surface area contributed by atoms with E-state index in [4.69, 9.17) is 9.47 Å². The number of amides is 1. The molecule has 1 aromatic rings. The highest BCUT2D eigenvalue weighted by atomic mass is 31.2. The van der Waals surface area contributed by atoms with Gasteiger partial charge in [0.05, 0.1) is 5.41 Å². The maximum absolute atomic E-state index is 13.3. The molecule has 38 heavy (non-hydrogen) atoms. The number of carbonyl (C=O) groups is 3. The molecule has 9 heteroatoms. The third kappa shape index (κ3) is 9.23. The number of carbonyl (C=O) groups excluding carboxylic acids is 3. The second-order valence-corrected chi connectivity index (χ2v) is 14.3. The third-order valence-electron chi connectivity index (χ3n) is 7.69. The molecule has 1 aliphatic heterocycles. The first kappa shape index (κ1) is 30.4. The topological polar surface area (TPSA) is 110 Å². The molecular formula is C29H44NO7P. The first-order valence-corrected chi connectivity index (χ1v) is 16.0. The first-order chi connectivity index (χ1) is 18.0. The fraction of sp³-hybridized carbons (Fsp3) is 0.690. The monoisotopic (exact) mass is 549 g/mol. The Morgan fingerprint density at radius 3 is 2.34 bits per heavy atom. The van der Waals surface area contributed by atoms with Gasteiger partial charge in [0.1, 0.15) is 12.2 Å². The summed E-state index contributed by atoms with van der Waals surface area (Å²) in [6.07, 6.45) is 7.81. The molecule has 1 saturated carbocycles. The van der Waals surface area contributed by atoms with Crippen LogP contribution in [0.5, 0.6) is 0 Å². The normalized spacial score (nSPS) is 22.1. The van der Waals surface area contributed by atoms with Gasteiger partial charge in [-0.1, -0.05) is 62.4 Å². The quantitative estimate of drug-likeness (QED) is 0.176. The van der Waals surface area contributed by atoms with Crippen LogP contribution >= 0.6 is 7.37 Å². The second kappa shape index (κ2) is 13.7. The minimum atomic E-state index is -3.70. The molecular weight excluding hydrogens is 505 g/mol. The molecule has 0 radical (unpaired) electrons. The first-order valence-electron chi connectivity index (χ1n) is 13.9. The lowest BCUT2D eigenvalue weighted by atomic mass is 9.79. The number of nitrogens with zero attached hydrogens (tertiary/aromatic N) is 1. The Morgan fingerprint density at radius 1 is 1.00 bits per heavy atom. The number of hydrogen-bond donors (Lipinski definition) is 1. The lowest BCUT2D eigenvalue weighted by Crippen LogP contribution is -2.43. The van der Waals surface area contributed by atoms with Crippen molar-refractivity contribution in [1.29, 1.82) is 0 Å². The van der Waals surface area contributed by atoms with Crippen molar-refractivity contribution >= 4 is 25.2 Å². The van der Waals surface area contributed by atoms with Crippen LogP contribution in [0, 0.1) is 17.3 Å². The van der Waals surface area contributed by atoms with Crippen LogP contribution in [0.25, 0.3) is 0 Å². The Bertz CT molecular complexity index is 984. The Labute approximate surface area is 226 Å². The number of benzene rings is 1. The van der Waals surface area contributed by atoms with Crippen LogP contribution in [0.3, 0.4) is 0 Å². The Kier molecular flexibility index (Phi) is 11.0. The number of ether oxygens (including phenoxy) is 2. The van der Waals surface area contributed by atoms with Crippen molar-refractivity contribution in [1.82, 2.24) is 4.90 Å². The summed E-state index contributed by atoms with van der Waals surface area (Å²) in [6.45, 7) is 5.00. The van der Waals surface area contributed by atoms with Crippen molar-refractivity contribution in [2.75, 3.05) is 25.7 Å². The van der Waals surface area contributed by atoms with Gasteiger partial charge in [0.15, 0.2) is 0 Å². The van der Waals surface area contributed by atoms with Crippen LogP contribution in [0.4, 0.5) is 0 Å². The van der Waals surface area contributed by atoms with Crippen LogP contribution in [0.1, 0.15) is 77.7 Å². The summed E-state index contributed by atoms with van der Waals surface area (Å²) in [5, 5.41) is 0. The summed E-state index contributed by atoms with van der Waals surface area (Å²) in [5.74, 6) is -1.02. The highest BCUT2D eigenvalue weighted by Gasteiger charge is 2.44. The van der Waals surface area contributed by atoms with Gasteiger partial charge in [-0.2, -0.15) is 0 Å². The molecule has 0 spiro atoms. The highest BCUT2D eigenvalue weighted by Crippen LogP contribution is 2.43. The van der Waals surface area contributed by atoms with Crippen molar-refractivity contribution in [2.45, 2.75) is 84.6 Å². The van der Waals surface area contributed by atoms with E-state index < -0.39 is 49.6 Å². The third-order valence-corrected chi connectivity index (χ3v) is 9.47. The largest absolute Gasteiger partial charge is 0.427 e. The van der Waals surface area contributed by atoms with Gasteiger partial charge in [-0.25, -0.2) is 4.79 Å². The summed E-state index contributed by atoms with van der Waals surface area (Å²) in [6, 6.07) is 9.12. The van der Waals surface area contributed by atoms with E-state index in [1.54, 1.807) is 20.8 Å². The molecule has 2 fully saturated rings. The summed E-state index contributed by atoms with van der Waals surface area (Å²) in [5.41, 5.74) is 0.453. The van der Waals surface area contributed by atoms with Gasteiger partial charge in [0.25, 0.3) is 0 Å². The Balaban J connectivity index is 1.57. The van der Waals surface area contributed by atoms with Gasteiger partial charge in [0.2, 0.25) is 20.1 Å². The molecule has 1 unspecified atom stereocenters. The van der Waals surface area contributed by atoms with Crippen molar-refractivity contribution in [2.24, 2.45) is 17.3 Å². The lowest BCUT2D eigenvalue weighted by Gasteiger charge is -2.27. The SMILES string of the molecule is CC(C)(C)C(=O)OCOC(=O)[C@@H]1C[C@H](C2CCCCC2)CN1C(=O)CP(=O)(O)CCCCc1ccccc1. The number of hydrogen-bond acceptors (Lipinski definition) is 6. The zero-order valence-electron chi connectivity index (χ0n) is 23.1. The standard InChI is InChI=1S/C29H44NO7P/c1-29(2,3)28(33)37-21-36-27(32)25-18-24(23-15-8-5-9-16-23)19-30(25)26(31)20-38(34,35)17-11-10-14-22-12-6-4-7-13-22/h4,6-7,12-13,23-25H,5,8-11,14-21H2,1-3H3,(H,34,35)/t24-,25-/m0/s1. The van der Waals surface area contributed by atoms with E-state index in [0.29, 0.717) is 25.3 Å². The van der Waals surface area contributed by atoms with Crippen molar-refractivity contribution in [3.63, 3.8) is 0 Å². The smallest absolute Gasteiger partial charge is 0.331 e. The Morgan fingerprint density at radius 2 is 1.68 bits per heavy atom. The lowest BCUT2D eigenvalue weighted by molar-refractivity contribution is -0.176. The molecule has 1 amide bonds. The van der Waals surface area contributed by atoms with E-state index >= 15 is 0 Å². The van der Waals surface area contributed by atoms with Crippen molar-refractivity contribution in [3.8, 4) is 0 Å². The number of likely N-dealkylation sites (tertiary alicyclic amines) is 1. The van der Waals surface area contributed by atoms with Crippen LogP contribution < -0.4 is 0 Å². The predicted molar refractivity (Wildman–Crippen MR) is 146 cm³/mol. The molecule has 3 rings (SSSR count). The van der Waals surface area contributed by atoms with Gasteiger partial charge in [-0.15, -0.1) is 0 Å². The van der Waals surface area contributed by atoms with Crippen LogP contribution in [0.15, 0.2) is 30.3 Å². The van der Waals surface area contributed by atoms with Crippen molar-refractivity contribution in [3.05, 3.63) is 35.9 Å². The van der Waals surface area contributed by atoms with Gasteiger partial charge < -0.3 is 19.3 Å². The van der Waals surface area contributed by atoms with E-state index in [1.165, 1.54) is 16.9 Å². The van der Waals surface area contributed by atoms with Gasteiger partial charge >= 0.3 is 11.9 Å². The molecule has 8 nitrogen and oxygen atoms in total. The summed E-state index contributed by atoms with van der Waals surface area (Å²) >= 11 is 0. The fourth-order valence-corrected chi connectivity index (χ4v) is 6.96. The molecule has 3 atom stereocenters. The molecule has 1 saturated heterocycles. The molecule has 0 aromatic heterocycles. The fourth-order valence-electron chi connectivity index (χ4n) is 5.48. The molecule has 2 aliphatic rings. The van der Waals surface area contributed by atoms with Gasteiger partial charge in [0, 0.05) is 12.7 Å². The number of aryl methyl sites for hydroxylation is 1. The number of esters is 2. The minimum absolute atomic E-state index is 0.0728. The summed E-state index contributed by atoms with van der Waals surface area (Å²) in [7, 11) is -3.70. The maximum Gasteiger partial charge on any atom is 0.331 e. The van der Waals surface area contributed by atoms with Crippen LogP contribution in [0.2, 0.25) is 0 Å². The molecule has 1 aromatic carbocycles. The van der Waals surface area contributed by atoms with Gasteiger partial charge in [-0.05, 0) is 63.9 Å². The molecule has 1 heterocycles. The zero-order valence-corrected chi connectivity index (χ0v) is 24.0. The van der Waals surface area contributed by atoms with E-state index in [-0.39, 0.29) is 12.1 Å². The average molecular weight is 550 g/mol. The van der Waals surface area contributed by atoms with E-state index in [2.05, 4.69) is 0 Å². The highest BCUT2D eigenvalue weighted by molar-refractivity contribution is 7.58. The maximum atomic E-state index is 13.3. The summed E-state index contributed by atoms with van der Waals surface area (Å²) in [4.78, 5) is 50.3. The van der Waals surface area contributed by atoms with Crippen molar-refractivity contribution < 1.29 is 33.3 Å². The number of rotatable bonds is 11. The van der Waals surface area contributed by atoms with E-state index in [0.717, 1.165) is 38.5 Å². The minimum Gasteiger partial charge on any atom is -0.427 e. The van der Waals surface area contributed by atoms with Gasteiger partial charge in [-0.3, -0.25) is 14.2 Å². The van der Waals surface area contributed by atoms with Crippen LogP contribution in [-0.4, -0.2) is 59.3 Å². The van der Waals surface area contributed by atoms with Crippen LogP contribution in [-0.2, 0) is 34.8 Å². The predicted octanol–water partition coefficient (Wildman–Crippen LogP) is 5.17. The molecule has 0 bridgehead atoms. The van der Waals surface area contributed by atoms with E-state index in [1.807, 2.05) is 30.3 Å². The second-order valence-electron chi connectivity index (χ2n) is 11.9. The molecule has 1 aliphatic carbocycles. The molecule has 1 N–H and O–H groups in total. The summed E-state index contributed by atoms with van der Waals surface area (Å²) < 4.78 is 23.3. The molecule has 212 valence electrons. The zero-order chi connectivity index (χ0) is 27.8. The number of unbranched alkanes of at least 4 members (excludes halogenated alkanes) is 1. The Hall–Kier alpha value is -2.18.